The smallest absolute Gasteiger partial charge is 0.272 e. The third-order valence-electron chi connectivity index (χ3n) is 3.77. The first-order chi connectivity index (χ1) is 13.4. The zero-order valence-corrected chi connectivity index (χ0v) is 16.4. The normalized spacial score (nSPS) is 13.0. The number of nitrogens with zero attached hydrogens (tertiary/aromatic N) is 1. The van der Waals surface area contributed by atoms with Crippen molar-refractivity contribution in [2.45, 2.75) is 13.3 Å². The number of halogens is 2. The summed E-state index contributed by atoms with van der Waals surface area (Å²) in [5.74, 6) is 0.456. The highest BCUT2D eigenvalue weighted by Crippen LogP contribution is 2.32. The van der Waals surface area contributed by atoms with Crippen molar-refractivity contribution in [3.63, 3.8) is 0 Å². The van der Waals surface area contributed by atoms with Gasteiger partial charge < -0.3 is 14.8 Å². The first-order valence-corrected chi connectivity index (χ1v) is 9.16. The van der Waals surface area contributed by atoms with Crippen LogP contribution in [0.1, 0.15) is 23.7 Å². The van der Waals surface area contributed by atoms with E-state index in [9.17, 15) is 9.59 Å². The zero-order chi connectivity index (χ0) is 20.1. The molecule has 7 nitrogen and oxygen atoms in total. The van der Waals surface area contributed by atoms with Gasteiger partial charge in [0.15, 0.2) is 11.5 Å². The lowest BCUT2D eigenvalue weighted by atomic mass is 10.2. The molecule has 0 aliphatic carbocycles. The molecular weight excluding hydrogens is 405 g/mol. The van der Waals surface area contributed by atoms with Crippen molar-refractivity contribution >= 4 is 46.4 Å². The summed E-state index contributed by atoms with van der Waals surface area (Å²) in [6.07, 6.45) is 0.00305. The summed E-state index contributed by atoms with van der Waals surface area (Å²) in [6, 6.07) is 9.68. The van der Waals surface area contributed by atoms with Crippen molar-refractivity contribution in [3.8, 4) is 11.5 Å². The molecule has 0 bridgehead atoms. The minimum atomic E-state index is -0.492. The molecule has 2 aromatic rings. The van der Waals surface area contributed by atoms with Gasteiger partial charge in [-0.2, -0.15) is 5.10 Å². The number of hydrogen-bond acceptors (Lipinski definition) is 5. The summed E-state index contributed by atoms with van der Waals surface area (Å²) in [5, 5.41) is 7.33. The molecule has 0 radical (unpaired) electrons. The van der Waals surface area contributed by atoms with Crippen LogP contribution in [0.25, 0.3) is 0 Å². The molecule has 2 aromatic carbocycles. The molecule has 0 saturated heterocycles. The highest BCUT2D eigenvalue weighted by Gasteiger charge is 2.14. The van der Waals surface area contributed by atoms with Crippen molar-refractivity contribution in [1.29, 1.82) is 0 Å². The van der Waals surface area contributed by atoms with Crippen LogP contribution in [0.4, 0.5) is 5.69 Å². The second-order valence-corrected chi connectivity index (χ2v) is 6.84. The lowest BCUT2D eigenvalue weighted by Crippen LogP contribution is -2.22. The monoisotopic (exact) mass is 421 g/mol. The Morgan fingerprint density at radius 1 is 1.07 bits per heavy atom. The first kappa shape index (κ1) is 20.0. The Kier molecular flexibility index (Phi) is 6.38. The fourth-order valence-corrected chi connectivity index (χ4v) is 2.97. The van der Waals surface area contributed by atoms with Crippen LogP contribution in [-0.4, -0.2) is 30.7 Å². The number of fused-ring (bicyclic) bond motifs is 1. The zero-order valence-electron chi connectivity index (χ0n) is 14.9. The molecule has 2 N–H and O–H groups in total. The summed E-state index contributed by atoms with van der Waals surface area (Å²) in [6.45, 7) is 2.60. The van der Waals surface area contributed by atoms with E-state index in [-0.39, 0.29) is 22.9 Å². The van der Waals surface area contributed by atoms with Crippen LogP contribution in [0, 0.1) is 0 Å². The van der Waals surface area contributed by atoms with Crippen molar-refractivity contribution in [1.82, 2.24) is 5.43 Å². The van der Waals surface area contributed by atoms with Gasteiger partial charge in [-0.25, -0.2) is 5.43 Å². The van der Waals surface area contributed by atoms with E-state index in [0.29, 0.717) is 41.1 Å². The molecule has 0 aromatic heterocycles. The van der Waals surface area contributed by atoms with Gasteiger partial charge in [0.1, 0.15) is 13.2 Å². The molecule has 0 atom stereocenters. The van der Waals surface area contributed by atoms with E-state index >= 15 is 0 Å². The molecule has 146 valence electrons. The predicted molar refractivity (Wildman–Crippen MR) is 108 cm³/mol. The Morgan fingerprint density at radius 3 is 2.57 bits per heavy atom. The number of hydrazone groups is 1. The highest BCUT2D eigenvalue weighted by atomic mass is 35.5. The SMILES string of the molecule is CC(CC(=O)Nc1ccc2c(c1)OCCO2)=NNC(=O)c1ccc(Cl)cc1Cl. The van der Waals surface area contributed by atoms with Crippen LogP contribution in [0.3, 0.4) is 0 Å². The Bertz CT molecular complexity index is 947. The van der Waals surface area contributed by atoms with Gasteiger partial charge in [-0.1, -0.05) is 23.2 Å². The Hall–Kier alpha value is -2.77. The van der Waals surface area contributed by atoms with E-state index in [1.165, 1.54) is 12.1 Å². The van der Waals surface area contributed by atoms with E-state index in [0.717, 1.165) is 0 Å². The lowest BCUT2D eigenvalue weighted by molar-refractivity contribution is -0.115. The molecular formula is C19H17Cl2N3O4. The first-order valence-electron chi connectivity index (χ1n) is 8.40. The van der Waals surface area contributed by atoms with Crippen molar-refractivity contribution in [3.05, 3.63) is 52.0 Å². The molecule has 1 aliphatic rings. The quantitative estimate of drug-likeness (QED) is 0.565. The maximum absolute atomic E-state index is 12.2. The van der Waals surface area contributed by atoms with Crippen molar-refractivity contribution < 1.29 is 19.1 Å². The number of hydrogen-bond donors (Lipinski definition) is 2. The van der Waals surface area contributed by atoms with Gasteiger partial charge in [0, 0.05) is 22.5 Å². The summed E-state index contributed by atoms with van der Waals surface area (Å²) < 4.78 is 10.9. The number of carbonyl (C=O) groups is 2. The second-order valence-electron chi connectivity index (χ2n) is 6.00. The van der Waals surface area contributed by atoms with E-state index < -0.39 is 5.91 Å². The van der Waals surface area contributed by atoms with Gasteiger partial charge >= 0.3 is 0 Å². The largest absolute Gasteiger partial charge is 0.486 e. The topological polar surface area (TPSA) is 89.0 Å². The number of anilines is 1. The highest BCUT2D eigenvalue weighted by molar-refractivity contribution is 6.36. The molecule has 1 aliphatic heterocycles. The Balaban J connectivity index is 1.55. The molecule has 28 heavy (non-hydrogen) atoms. The van der Waals surface area contributed by atoms with E-state index in [1.807, 2.05) is 0 Å². The summed E-state index contributed by atoms with van der Waals surface area (Å²) >= 11 is 11.8. The standard InChI is InChI=1S/C19H17Cl2N3O4/c1-11(23-24-19(26)14-4-2-12(20)9-15(14)21)8-18(25)22-13-3-5-16-17(10-13)28-7-6-27-16/h2-5,9-10H,6-8H2,1H3,(H,22,25)(H,24,26). The van der Waals surface area contributed by atoms with Gasteiger partial charge in [-0.05, 0) is 37.3 Å². The third kappa shape index (κ3) is 5.15. The van der Waals surface area contributed by atoms with Crippen LogP contribution < -0.4 is 20.2 Å². The molecule has 0 unspecified atom stereocenters. The fourth-order valence-electron chi connectivity index (χ4n) is 2.48. The average molecular weight is 422 g/mol. The molecule has 3 rings (SSSR count). The number of ether oxygens (including phenoxy) is 2. The van der Waals surface area contributed by atoms with Crippen LogP contribution >= 0.6 is 23.2 Å². The van der Waals surface area contributed by atoms with Crippen LogP contribution in [0.15, 0.2) is 41.5 Å². The summed E-state index contributed by atoms with van der Waals surface area (Å²) in [4.78, 5) is 24.3. The van der Waals surface area contributed by atoms with Crippen molar-refractivity contribution in [2.24, 2.45) is 5.10 Å². The molecule has 0 fully saturated rings. The van der Waals surface area contributed by atoms with Gasteiger partial charge in [-0.15, -0.1) is 0 Å². The summed E-state index contributed by atoms with van der Waals surface area (Å²) in [5.41, 5.74) is 3.62. The van der Waals surface area contributed by atoms with Gasteiger partial charge in [0.25, 0.3) is 5.91 Å². The molecule has 1 heterocycles. The van der Waals surface area contributed by atoms with Crippen LogP contribution in [-0.2, 0) is 4.79 Å². The number of nitrogens with one attached hydrogen (secondary N) is 2. The summed E-state index contributed by atoms with van der Waals surface area (Å²) in [7, 11) is 0. The molecule has 0 saturated carbocycles. The Morgan fingerprint density at radius 2 is 1.82 bits per heavy atom. The van der Waals surface area contributed by atoms with E-state index in [2.05, 4.69) is 15.8 Å². The minimum Gasteiger partial charge on any atom is -0.486 e. The van der Waals surface area contributed by atoms with E-state index in [4.69, 9.17) is 32.7 Å². The lowest BCUT2D eigenvalue weighted by Gasteiger charge is -2.19. The van der Waals surface area contributed by atoms with E-state index in [1.54, 1.807) is 31.2 Å². The van der Waals surface area contributed by atoms with Gasteiger partial charge in [0.2, 0.25) is 5.91 Å². The Labute approximate surface area is 171 Å². The maximum Gasteiger partial charge on any atom is 0.272 e. The fraction of sp³-hybridized carbons (Fsp3) is 0.211. The number of benzene rings is 2. The molecule has 9 heteroatoms. The average Bonchev–Trinajstić information content (AvgIpc) is 2.66. The second kappa shape index (κ2) is 8.95. The van der Waals surface area contributed by atoms with Crippen molar-refractivity contribution in [2.75, 3.05) is 18.5 Å². The number of amides is 2. The van der Waals surface area contributed by atoms with Crippen LogP contribution in [0.2, 0.25) is 10.0 Å². The minimum absolute atomic E-state index is 0.00305. The predicted octanol–water partition coefficient (Wildman–Crippen LogP) is 3.90. The number of carbonyl (C=O) groups excluding carboxylic acids is 2. The molecule has 0 spiro atoms. The van der Waals surface area contributed by atoms with Gasteiger partial charge in [-0.3, -0.25) is 9.59 Å². The third-order valence-corrected chi connectivity index (χ3v) is 4.31. The number of rotatable bonds is 5. The van der Waals surface area contributed by atoms with Gasteiger partial charge in [0.05, 0.1) is 17.0 Å². The van der Waals surface area contributed by atoms with Crippen LogP contribution in [0.5, 0.6) is 11.5 Å². The molecule has 2 amide bonds. The maximum atomic E-state index is 12.2.